The molecule has 116 valence electrons. The minimum absolute atomic E-state index is 0.0668. The van der Waals surface area contributed by atoms with E-state index in [1.807, 2.05) is 0 Å². The van der Waals surface area contributed by atoms with Crippen LogP contribution >= 0.6 is 11.8 Å². The zero-order valence-corrected chi connectivity index (χ0v) is 13.2. The lowest BCUT2D eigenvalue weighted by atomic mass is 9.79. The van der Waals surface area contributed by atoms with E-state index in [4.69, 9.17) is 0 Å². The Bertz CT molecular complexity index is 326. The summed E-state index contributed by atoms with van der Waals surface area (Å²) in [6.45, 7) is 3.24. The third-order valence-corrected chi connectivity index (χ3v) is 5.03. The molecule has 3 N–H and O–H groups in total. The zero-order chi connectivity index (χ0) is 15.0. The van der Waals surface area contributed by atoms with E-state index in [1.54, 1.807) is 11.8 Å². The summed E-state index contributed by atoms with van der Waals surface area (Å²) >= 11 is 1.78. The molecule has 0 aromatic carbocycles. The van der Waals surface area contributed by atoms with Crippen LogP contribution < -0.4 is 10.6 Å². The number of urea groups is 1. The summed E-state index contributed by atoms with van der Waals surface area (Å²) in [7, 11) is 0. The first-order valence-corrected chi connectivity index (χ1v) is 8.60. The van der Waals surface area contributed by atoms with E-state index in [0.717, 1.165) is 32.1 Å². The molecule has 5 nitrogen and oxygen atoms in total. The Balaban J connectivity index is 2.23. The molecule has 0 heterocycles. The Morgan fingerprint density at radius 3 is 2.65 bits per heavy atom. The van der Waals surface area contributed by atoms with Crippen molar-refractivity contribution in [3.8, 4) is 0 Å². The van der Waals surface area contributed by atoms with Crippen LogP contribution in [0.25, 0.3) is 0 Å². The molecule has 1 aliphatic rings. The highest BCUT2D eigenvalue weighted by molar-refractivity contribution is 7.99. The molecule has 1 aliphatic carbocycles. The van der Waals surface area contributed by atoms with Crippen molar-refractivity contribution >= 4 is 23.8 Å². The van der Waals surface area contributed by atoms with E-state index < -0.39 is 5.97 Å². The van der Waals surface area contributed by atoms with Crippen molar-refractivity contribution in [2.24, 2.45) is 11.8 Å². The number of rotatable bonds is 7. The molecule has 3 unspecified atom stereocenters. The lowest BCUT2D eigenvalue weighted by Crippen LogP contribution is -2.42. The maximum absolute atomic E-state index is 11.7. The third kappa shape index (κ3) is 6.03. The number of aliphatic carboxylic acids is 1. The first-order chi connectivity index (χ1) is 9.54. The number of carbonyl (C=O) groups is 2. The Hall–Kier alpha value is -0.910. The lowest BCUT2D eigenvalue weighted by molar-refractivity contribution is -0.144. The zero-order valence-electron chi connectivity index (χ0n) is 12.4. The largest absolute Gasteiger partial charge is 0.481 e. The maximum atomic E-state index is 11.7. The van der Waals surface area contributed by atoms with E-state index in [1.165, 1.54) is 0 Å². The van der Waals surface area contributed by atoms with Crippen molar-refractivity contribution in [2.75, 3.05) is 19.3 Å². The molecule has 3 atom stereocenters. The van der Waals surface area contributed by atoms with Gasteiger partial charge in [0.25, 0.3) is 0 Å². The molecular formula is C14H26N2O3S. The molecule has 6 heteroatoms. The van der Waals surface area contributed by atoms with Gasteiger partial charge in [-0.25, -0.2) is 4.79 Å². The van der Waals surface area contributed by atoms with Crippen molar-refractivity contribution in [1.82, 2.24) is 10.6 Å². The van der Waals surface area contributed by atoms with E-state index in [9.17, 15) is 14.7 Å². The maximum Gasteiger partial charge on any atom is 0.314 e. The fourth-order valence-electron chi connectivity index (χ4n) is 2.57. The van der Waals surface area contributed by atoms with Crippen LogP contribution in [0.3, 0.4) is 0 Å². The molecule has 20 heavy (non-hydrogen) atoms. The number of amides is 2. The van der Waals surface area contributed by atoms with Crippen molar-refractivity contribution < 1.29 is 14.7 Å². The molecule has 0 aromatic heterocycles. The molecule has 0 saturated heterocycles. The van der Waals surface area contributed by atoms with Crippen molar-refractivity contribution in [3.63, 3.8) is 0 Å². The van der Waals surface area contributed by atoms with Gasteiger partial charge in [-0.2, -0.15) is 11.8 Å². The smallest absolute Gasteiger partial charge is 0.314 e. The number of carbonyl (C=O) groups excluding carboxylic acids is 1. The second kappa shape index (κ2) is 9.10. The molecule has 1 rings (SSSR count). The van der Waals surface area contributed by atoms with Crippen LogP contribution in [0.5, 0.6) is 0 Å². The average molecular weight is 302 g/mol. The predicted octanol–water partition coefficient (Wildman–Crippen LogP) is 2.32. The van der Waals surface area contributed by atoms with Gasteiger partial charge in [-0.3, -0.25) is 4.79 Å². The highest BCUT2D eigenvalue weighted by Gasteiger charge is 2.30. The number of hydrogen-bond donors (Lipinski definition) is 3. The van der Waals surface area contributed by atoms with E-state index in [2.05, 4.69) is 23.8 Å². The van der Waals surface area contributed by atoms with Crippen LogP contribution in [0.15, 0.2) is 0 Å². The van der Waals surface area contributed by atoms with E-state index in [0.29, 0.717) is 18.3 Å². The van der Waals surface area contributed by atoms with Gasteiger partial charge >= 0.3 is 12.0 Å². The SMILES string of the molecule is CSC(C)CCNC(=O)NCC1CCCCC1C(=O)O. The summed E-state index contributed by atoms with van der Waals surface area (Å²) < 4.78 is 0. The quantitative estimate of drug-likeness (QED) is 0.674. The van der Waals surface area contributed by atoms with Gasteiger partial charge in [0.05, 0.1) is 5.92 Å². The van der Waals surface area contributed by atoms with Crippen LogP contribution in [-0.4, -0.2) is 41.7 Å². The lowest BCUT2D eigenvalue weighted by Gasteiger charge is -2.28. The molecule has 0 radical (unpaired) electrons. The van der Waals surface area contributed by atoms with Gasteiger partial charge in [-0.05, 0) is 31.4 Å². The molecule has 1 fully saturated rings. The Morgan fingerprint density at radius 1 is 1.30 bits per heavy atom. The molecule has 0 aromatic rings. The minimum Gasteiger partial charge on any atom is -0.481 e. The number of hydrogen-bond acceptors (Lipinski definition) is 3. The normalized spacial score (nSPS) is 23.9. The number of nitrogens with one attached hydrogen (secondary N) is 2. The molecule has 1 saturated carbocycles. The fourth-order valence-corrected chi connectivity index (χ4v) is 2.92. The molecule has 0 bridgehead atoms. The standard InChI is InChI=1S/C14H26N2O3S/c1-10(20-2)7-8-15-14(19)16-9-11-5-3-4-6-12(11)13(17)18/h10-12H,3-9H2,1-2H3,(H,17,18)(H2,15,16,19). The highest BCUT2D eigenvalue weighted by Crippen LogP contribution is 2.29. The first kappa shape index (κ1) is 17.1. The minimum atomic E-state index is -0.731. The van der Waals surface area contributed by atoms with Crippen LogP contribution in [0.1, 0.15) is 39.0 Å². The Morgan fingerprint density at radius 2 is 2.00 bits per heavy atom. The second-order valence-electron chi connectivity index (χ2n) is 5.46. The van der Waals surface area contributed by atoms with Gasteiger partial charge in [0, 0.05) is 18.3 Å². The summed E-state index contributed by atoms with van der Waals surface area (Å²) in [4.78, 5) is 22.8. The summed E-state index contributed by atoms with van der Waals surface area (Å²) in [5, 5.41) is 15.3. The van der Waals surface area contributed by atoms with Crippen molar-refractivity contribution in [2.45, 2.75) is 44.3 Å². The van der Waals surface area contributed by atoms with E-state index >= 15 is 0 Å². The fraction of sp³-hybridized carbons (Fsp3) is 0.857. The summed E-state index contributed by atoms with van der Waals surface area (Å²) in [5.41, 5.74) is 0. The van der Waals surface area contributed by atoms with Gasteiger partial charge < -0.3 is 15.7 Å². The van der Waals surface area contributed by atoms with Crippen LogP contribution in [0, 0.1) is 11.8 Å². The monoisotopic (exact) mass is 302 g/mol. The highest BCUT2D eigenvalue weighted by atomic mass is 32.2. The summed E-state index contributed by atoms with van der Waals surface area (Å²) in [5.74, 6) is -0.969. The molecule has 0 spiro atoms. The summed E-state index contributed by atoms with van der Waals surface area (Å²) in [6.07, 6.45) is 6.65. The average Bonchev–Trinajstić information content (AvgIpc) is 2.45. The number of thioether (sulfide) groups is 1. The second-order valence-corrected chi connectivity index (χ2v) is 6.74. The Kier molecular flexibility index (Phi) is 7.80. The molecule has 0 aliphatic heterocycles. The van der Waals surface area contributed by atoms with Crippen LogP contribution in [0.2, 0.25) is 0 Å². The predicted molar refractivity (Wildman–Crippen MR) is 82.1 cm³/mol. The third-order valence-electron chi connectivity index (χ3n) is 3.99. The van der Waals surface area contributed by atoms with Crippen LogP contribution in [-0.2, 0) is 4.79 Å². The van der Waals surface area contributed by atoms with Gasteiger partial charge in [0.1, 0.15) is 0 Å². The van der Waals surface area contributed by atoms with Gasteiger partial charge in [0.2, 0.25) is 0 Å². The first-order valence-electron chi connectivity index (χ1n) is 7.32. The Labute approximate surface area is 125 Å². The van der Waals surface area contributed by atoms with Gasteiger partial charge in [-0.1, -0.05) is 19.8 Å². The molecule has 2 amide bonds. The van der Waals surface area contributed by atoms with Crippen molar-refractivity contribution in [3.05, 3.63) is 0 Å². The number of carboxylic acid groups (broad SMARTS) is 1. The van der Waals surface area contributed by atoms with Crippen LogP contribution in [0.4, 0.5) is 4.79 Å². The summed E-state index contributed by atoms with van der Waals surface area (Å²) in [6, 6.07) is -0.187. The topological polar surface area (TPSA) is 78.4 Å². The van der Waals surface area contributed by atoms with Gasteiger partial charge in [0.15, 0.2) is 0 Å². The van der Waals surface area contributed by atoms with Crippen molar-refractivity contribution in [1.29, 1.82) is 0 Å². The van der Waals surface area contributed by atoms with Gasteiger partial charge in [-0.15, -0.1) is 0 Å². The van der Waals surface area contributed by atoms with E-state index in [-0.39, 0.29) is 17.9 Å². The number of carboxylic acids is 1. The molecular weight excluding hydrogens is 276 g/mol.